The molecule has 9 heteroatoms. The topological polar surface area (TPSA) is 118 Å². The SMILES string of the molecule is CCCCOc1ccc(C(=O)NCC(=O)OCC(=O)Nc2sccc2C#N)cc1. The molecule has 1 aromatic heterocycles. The van der Waals surface area contributed by atoms with Gasteiger partial charge in [-0.2, -0.15) is 5.26 Å². The fourth-order valence-electron chi connectivity index (χ4n) is 2.15. The van der Waals surface area contributed by atoms with E-state index in [4.69, 9.17) is 14.7 Å². The number of carbonyl (C=O) groups excluding carboxylic acids is 3. The fourth-order valence-corrected chi connectivity index (χ4v) is 2.90. The predicted octanol–water partition coefficient (Wildman–Crippen LogP) is 2.71. The minimum Gasteiger partial charge on any atom is -0.494 e. The number of benzene rings is 1. The van der Waals surface area contributed by atoms with E-state index >= 15 is 0 Å². The summed E-state index contributed by atoms with van der Waals surface area (Å²) < 4.78 is 10.3. The zero-order valence-electron chi connectivity index (χ0n) is 15.9. The monoisotopic (exact) mass is 415 g/mol. The first-order valence-electron chi connectivity index (χ1n) is 8.97. The number of amides is 2. The molecular weight excluding hydrogens is 394 g/mol. The smallest absolute Gasteiger partial charge is 0.325 e. The number of hydrogen-bond donors (Lipinski definition) is 2. The lowest BCUT2D eigenvalue weighted by Crippen LogP contribution is -2.32. The third kappa shape index (κ3) is 7.27. The van der Waals surface area contributed by atoms with Crippen molar-refractivity contribution >= 4 is 34.1 Å². The summed E-state index contributed by atoms with van der Waals surface area (Å²) in [5.41, 5.74) is 0.712. The van der Waals surface area contributed by atoms with Crippen LogP contribution in [0.15, 0.2) is 35.7 Å². The average molecular weight is 415 g/mol. The second kappa shape index (κ2) is 11.5. The molecule has 29 heavy (non-hydrogen) atoms. The summed E-state index contributed by atoms with van der Waals surface area (Å²) >= 11 is 1.19. The van der Waals surface area contributed by atoms with Gasteiger partial charge in [0, 0.05) is 5.56 Å². The lowest BCUT2D eigenvalue weighted by atomic mass is 10.2. The average Bonchev–Trinajstić information content (AvgIpc) is 3.18. The summed E-state index contributed by atoms with van der Waals surface area (Å²) in [5.74, 6) is -1.09. The van der Waals surface area contributed by atoms with Crippen molar-refractivity contribution in [1.29, 1.82) is 5.26 Å². The third-order valence-corrected chi connectivity index (χ3v) is 4.51. The predicted molar refractivity (Wildman–Crippen MR) is 108 cm³/mol. The van der Waals surface area contributed by atoms with Gasteiger partial charge in [0.1, 0.15) is 23.4 Å². The normalized spacial score (nSPS) is 9.93. The van der Waals surface area contributed by atoms with E-state index in [2.05, 4.69) is 17.6 Å². The van der Waals surface area contributed by atoms with Crippen molar-refractivity contribution in [2.45, 2.75) is 19.8 Å². The van der Waals surface area contributed by atoms with Crippen molar-refractivity contribution < 1.29 is 23.9 Å². The molecule has 0 saturated carbocycles. The quantitative estimate of drug-likeness (QED) is 0.455. The zero-order valence-corrected chi connectivity index (χ0v) is 16.7. The Bertz CT molecular complexity index is 886. The van der Waals surface area contributed by atoms with Gasteiger partial charge in [0.25, 0.3) is 11.8 Å². The molecule has 1 aromatic carbocycles. The van der Waals surface area contributed by atoms with Gasteiger partial charge in [-0.1, -0.05) is 13.3 Å². The lowest BCUT2D eigenvalue weighted by molar-refractivity contribution is -0.146. The maximum absolute atomic E-state index is 12.1. The van der Waals surface area contributed by atoms with Gasteiger partial charge in [-0.25, -0.2) is 0 Å². The van der Waals surface area contributed by atoms with Crippen molar-refractivity contribution in [3.63, 3.8) is 0 Å². The molecule has 2 rings (SSSR count). The van der Waals surface area contributed by atoms with Crippen molar-refractivity contribution in [1.82, 2.24) is 5.32 Å². The Balaban J connectivity index is 1.71. The number of carbonyl (C=O) groups is 3. The highest BCUT2D eigenvalue weighted by atomic mass is 32.1. The van der Waals surface area contributed by atoms with Gasteiger partial charge in [-0.05, 0) is 42.1 Å². The second-order valence-corrected chi connectivity index (χ2v) is 6.81. The molecule has 2 amide bonds. The molecule has 0 bridgehead atoms. The van der Waals surface area contributed by atoms with Crippen LogP contribution < -0.4 is 15.4 Å². The summed E-state index contributed by atoms with van der Waals surface area (Å²) in [4.78, 5) is 35.6. The van der Waals surface area contributed by atoms with Crippen LogP contribution in [0.4, 0.5) is 5.00 Å². The van der Waals surface area contributed by atoms with Crippen LogP contribution in [0.1, 0.15) is 35.7 Å². The molecule has 0 aliphatic heterocycles. The molecule has 2 aromatic rings. The summed E-state index contributed by atoms with van der Waals surface area (Å²) in [6.07, 6.45) is 1.99. The minimum absolute atomic E-state index is 0.337. The Morgan fingerprint density at radius 2 is 1.93 bits per heavy atom. The largest absolute Gasteiger partial charge is 0.494 e. The van der Waals surface area contributed by atoms with E-state index in [-0.39, 0.29) is 6.54 Å². The molecule has 0 aliphatic rings. The van der Waals surface area contributed by atoms with E-state index < -0.39 is 24.4 Å². The molecule has 1 heterocycles. The number of nitriles is 1. The Hall–Kier alpha value is -3.38. The van der Waals surface area contributed by atoms with Crippen LogP contribution in [-0.4, -0.2) is 37.5 Å². The molecule has 0 saturated heterocycles. The van der Waals surface area contributed by atoms with Gasteiger partial charge in [-0.3, -0.25) is 14.4 Å². The molecule has 152 valence electrons. The lowest BCUT2D eigenvalue weighted by Gasteiger charge is -2.08. The molecule has 0 unspecified atom stereocenters. The van der Waals surface area contributed by atoms with Crippen molar-refractivity contribution in [2.75, 3.05) is 25.1 Å². The molecule has 0 radical (unpaired) electrons. The molecule has 0 aliphatic carbocycles. The number of hydrogen-bond acceptors (Lipinski definition) is 7. The first-order chi connectivity index (χ1) is 14.0. The molecular formula is C20H21N3O5S. The van der Waals surface area contributed by atoms with E-state index in [1.165, 1.54) is 11.3 Å². The second-order valence-electron chi connectivity index (χ2n) is 5.89. The summed E-state index contributed by atoms with van der Waals surface area (Å²) in [6.45, 7) is 1.80. The van der Waals surface area contributed by atoms with Gasteiger partial charge < -0.3 is 20.1 Å². The molecule has 0 spiro atoms. The summed E-state index contributed by atoms with van der Waals surface area (Å²) in [5, 5.41) is 15.9. The van der Waals surface area contributed by atoms with Crippen LogP contribution in [0.2, 0.25) is 0 Å². The van der Waals surface area contributed by atoms with Gasteiger partial charge in [-0.15, -0.1) is 11.3 Å². The van der Waals surface area contributed by atoms with Crippen molar-refractivity contribution in [3.8, 4) is 11.8 Å². The Morgan fingerprint density at radius 1 is 1.17 bits per heavy atom. The Morgan fingerprint density at radius 3 is 2.62 bits per heavy atom. The van der Waals surface area contributed by atoms with Gasteiger partial charge >= 0.3 is 5.97 Å². The van der Waals surface area contributed by atoms with E-state index in [0.29, 0.717) is 28.5 Å². The van der Waals surface area contributed by atoms with E-state index in [0.717, 1.165) is 12.8 Å². The van der Waals surface area contributed by atoms with Crippen molar-refractivity contribution in [2.24, 2.45) is 0 Å². The van der Waals surface area contributed by atoms with Gasteiger partial charge in [0.2, 0.25) is 0 Å². The van der Waals surface area contributed by atoms with Crippen LogP contribution in [0.25, 0.3) is 0 Å². The molecule has 8 nitrogen and oxygen atoms in total. The first kappa shape index (κ1) is 21.9. The maximum Gasteiger partial charge on any atom is 0.325 e. The number of nitrogens with zero attached hydrogens (tertiary/aromatic N) is 1. The highest BCUT2D eigenvalue weighted by Gasteiger charge is 2.13. The molecule has 0 atom stereocenters. The highest BCUT2D eigenvalue weighted by Crippen LogP contribution is 2.21. The summed E-state index contributed by atoms with van der Waals surface area (Å²) in [6, 6.07) is 10.1. The first-order valence-corrected chi connectivity index (χ1v) is 9.85. The van der Waals surface area contributed by atoms with Gasteiger partial charge in [0.05, 0.1) is 12.2 Å². The number of esters is 1. The zero-order chi connectivity index (χ0) is 21.1. The third-order valence-electron chi connectivity index (χ3n) is 3.68. The number of thiophene rings is 1. The maximum atomic E-state index is 12.1. The number of anilines is 1. The van der Waals surface area contributed by atoms with Gasteiger partial charge in [0.15, 0.2) is 6.61 Å². The standard InChI is InChI=1S/C20H21N3O5S/c1-2-3-9-27-16-6-4-14(5-7-16)19(26)22-12-18(25)28-13-17(24)23-20-15(11-21)8-10-29-20/h4-8,10H,2-3,9,12-13H2,1H3,(H,22,26)(H,23,24). The number of nitrogens with one attached hydrogen (secondary N) is 2. The van der Waals surface area contributed by atoms with E-state index in [1.807, 2.05) is 6.07 Å². The fraction of sp³-hybridized carbons (Fsp3) is 0.300. The van der Waals surface area contributed by atoms with Crippen molar-refractivity contribution in [3.05, 3.63) is 46.8 Å². The Labute approximate surface area is 172 Å². The van der Waals surface area contributed by atoms with Crippen LogP contribution in [0.5, 0.6) is 5.75 Å². The van der Waals surface area contributed by atoms with E-state index in [9.17, 15) is 14.4 Å². The number of ether oxygens (including phenoxy) is 2. The number of rotatable bonds is 10. The number of unbranched alkanes of at least 4 members (excludes halogenated alkanes) is 1. The van der Waals surface area contributed by atoms with Crippen LogP contribution in [0, 0.1) is 11.3 Å². The highest BCUT2D eigenvalue weighted by molar-refractivity contribution is 7.14. The molecule has 0 fully saturated rings. The minimum atomic E-state index is -0.750. The van der Waals surface area contributed by atoms with Crippen LogP contribution >= 0.6 is 11.3 Å². The van der Waals surface area contributed by atoms with E-state index in [1.54, 1.807) is 35.7 Å². The Kier molecular flexibility index (Phi) is 8.66. The summed E-state index contributed by atoms with van der Waals surface area (Å²) in [7, 11) is 0. The van der Waals surface area contributed by atoms with Crippen LogP contribution in [0.3, 0.4) is 0 Å². The molecule has 2 N–H and O–H groups in total. The van der Waals surface area contributed by atoms with Crippen LogP contribution in [-0.2, 0) is 14.3 Å².